The summed E-state index contributed by atoms with van der Waals surface area (Å²) in [7, 11) is 0. The average molecular weight is 709 g/mol. The number of fused-ring (bicyclic) bond motifs is 2. The number of benzene rings is 2. The normalized spacial score (nSPS) is 19.2. The number of halogens is 2. The molecule has 12 nitrogen and oxygen atoms in total. The van der Waals surface area contributed by atoms with E-state index in [1.165, 1.54) is 33.2 Å². The van der Waals surface area contributed by atoms with Gasteiger partial charge in [-0.05, 0) is 73.1 Å². The summed E-state index contributed by atoms with van der Waals surface area (Å²) in [5.74, 6) is -0.566. The van der Waals surface area contributed by atoms with E-state index in [9.17, 15) is 23.3 Å². The number of carbonyl (C=O) groups excluding carboxylic acids is 1. The van der Waals surface area contributed by atoms with Crippen molar-refractivity contribution in [1.29, 1.82) is 0 Å². The van der Waals surface area contributed by atoms with Crippen molar-refractivity contribution >= 4 is 23.0 Å². The van der Waals surface area contributed by atoms with Crippen molar-refractivity contribution in [3.63, 3.8) is 0 Å². The third-order valence-corrected chi connectivity index (χ3v) is 10.2. The minimum absolute atomic E-state index is 0.00898. The number of amides is 1. The molecule has 1 saturated carbocycles. The molecule has 2 aliphatic heterocycles. The highest BCUT2D eigenvalue weighted by molar-refractivity contribution is 5.92. The molecule has 3 aliphatic rings. The van der Waals surface area contributed by atoms with Crippen LogP contribution < -0.4 is 16.6 Å². The molecule has 14 heteroatoms. The van der Waals surface area contributed by atoms with E-state index in [1.54, 1.807) is 10.6 Å². The Hall–Kier alpha value is -5.47. The van der Waals surface area contributed by atoms with Gasteiger partial charge in [-0.2, -0.15) is 5.12 Å². The molecule has 8 rings (SSSR count). The van der Waals surface area contributed by atoms with Gasteiger partial charge in [-0.1, -0.05) is 40.9 Å². The minimum Gasteiger partial charge on any atom is -0.379 e. The highest BCUT2D eigenvalue weighted by Gasteiger charge is 2.29. The van der Waals surface area contributed by atoms with E-state index >= 15 is 0 Å². The summed E-state index contributed by atoms with van der Waals surface area (Å²) < 4.78 is 37.7. The van der Waals surface area contributed by atoms with Gasteiger partial charge in [-0.25, -0.2) is 23.7 Å². The number of aromatic nitrogens is 5. The van der Waals surface area contributed by atoms with Gasteiger partial charge >= 0.3 is 5.69 Å². The van der Waals surface area contributed by atoms with Crippen LogP contribution in [0.4, 0.5) is 8.87 Å². The van der Waals surface area contributed by atoms with E-state index in [-0.39, 0.29) is 35.3 Å². The van der Waals surface area contributed by atoms with Crippen molar-refractivity contribution in [2.75, 3.05) is 32.8 Å². The molecule has 3 aromatic heterocycles. The van der Waals surface area contributed by atoms with E-state index in [1.807, 2.05) is 18.2 Å². The molecular weight excluding hydrogens is 670 g/mol. The first-order valence-electron chi connectivity index (χ1n) is 17.6. The van der Waals surface area contributed by atoms with E-state index in [4.69, 9.17) is 4.74 Å². The molecule has 52 heavy (non-hydrogen) atoms. The van der Waals surface area contributed by atoms with Crippen LogP contribution in [-0.2, 0) is 17.8 Å². The van der Waals surface area contributed by atoms with Crippen molar-refractivity contribution < 1.29 is 18.4 Å². The number of imidazole rings is 1. The number of nitrogens with zero attached hydrogens (tertiary/aromatic N) is 7. The molecule has 5 aromatic rings. The van der Waals surface area contributed by atoms with Crippen molar-refractivity contribution in [3.05, 3.63) is 117 Å². The third kappa shape index (κ3) is 6.78. The smallest absolute Gasteiger partial charge is 0.337 e. The Bertz CT molecular complexity index is 2270. The minimum atomic E-state index is -0.675. The first-order valence-corrected chi connectivity index (χ1v) is 17.6. The van der Waals surface area contributed by atoms with Crippen LogP contribution in [-0.4, -0.2) is 78.5 Å². The van der Waals surface area contributed by atoms with Crippen molar-refractivity contribution in [2.24, 2.45) is 0 Å². The maximum Gasteiger partial charge on any atom is 0.337 e. The lowest BCUT2D eigenvalue weighted by atomic mass is 9.90. The topological polar surface area (TPSA) is 120 Å². The molecule has 1 saturated heterocycles. The summed E-state index contributed by atoms with van der Waals surface area (Å²) in [6.45, 7) is 4.36. The van der Waals surface area contributed by atoms with Gasteiger partial charge in [0.1, 0.15) is 24.0 Å². The van der Waals surface area contributed by atoms with Gasteiger partial charge in [-0.15, -0.1) is 0 Å². The Balaban J connectivity index is 1.03. The molecule has 1 amide bonds. The highest BCUT2D eigenvalue weighted by Crippen LogP contribution is 2.29. The second-order valence-electron chi connectivity index (χ2n) is 13.6. The second-order valence-corrected chi connectivity index (χ2v) is 13.6. The average Bonchev–Trinajstić information content (AvgIpc) is 3.59. The number of pyridine rings is 1. The van der Waals surface area contributed by atoms with Gasteiger partial charge in [0.05, 0.1) is 30.5 Å². The maximum atomic E-state index is 14.5. The Morgan fingerprint density at radius 3 is 2.56 bits per heavy atom. The lowest BCUT2D eigenvalue weighted by Crippen LogP contribution is -2.45. The van der Waals surface area contributed by atoms with Gasteiger partial charge < -0.3 is 14.6 Å². The quantitative estimate of drug-likeness (QED) is 0.235. The predicted octanol–water partition coefficient (Wildman–Crippen LogP) is 4.47. The zero-order valence-corrected chi connectivity index (χ0v) is 28.5. The third-order valence-electron chi connectivity index (χ3n) is 10.2. The maximum absolute atomic E-state index is 14.5. The Morgan fingerprint density at radius 2 is 1.77 bits per heavy atom. The number of morpholine rings is 1. The number of carbonyl (C=O) groups is 1. The summed E-state index contributed by atoms with van der Waals surface area (Å²) in [6, 6.07) is 16.3. The van der Waals surface area contributed by atoms with Crippen molar-refractivity contribution in [3.8, 4) is 16.8 Å². The predicted molar refractivity (Wildman–Crippen MR) is 191 cm³/mol. The van der Waals surface area contributed by atoms with E-state index in [2.05, 4.69) is 44.5 Å². The van der Waals surface area contributed by atoms with Gasteiger partial charge in [0.15, 0.2) is 5.65 Å². The molecular formula is C38H38F2N8O4. The van der Waals surface area contributed by atoms with Crippen molar-refractivity contribution in [2.45, 2.75) is 50.9 Å². The number of ether oxygens (including phenoxy) is 1. The standard InChI is InChI=1S/C38H38F2N8O4/c39-28-21-32-35(41-22-28)47(31-3-1-2-27(20-31)26-6-4-25(5-7-26)12-14-44-16-18-52-19-17-44)38(51)48(37(32)50)30-10-8-29(9-11-30)42-36(49)33-23-45-24-46(40)15-13-34(45)43-33/h1-7,13,15,20-23,29-30H,8-12,14,16-19,24H2,(H,42,49). The summed E-state index contributed by atoms with van der Waals surface area (Å²) in [5, 5.41) is 3.50. The zero-order valence-electron chi connectivity index (χ0n) is 28.5. The fraction of sp³-hybridized carbons (Fsp3) is 0.342. The first-order chi connectivity index (χ1) is 25.3. The summed E-state index contributed by atoms with van der Waals surface area (Å²) >= 11 is 0. The van der Waals surface area contributed by atoms with Crippen LogP contribution in [0.2, 0.25) is 0 Å². The molecule has 0 spiro atoms. The molecule has 1 N–H and O–H groups in total. The number of nitrogens with one attached hydrogen (secondary N) is 1. The SMILES string of the molecule is O=C(NC1CCC(n2c(=O)c3cc(F)cnc3n(-c3cccc(-c4ccc(CCN5CCOCC5)cc4)c3)c2=O)CC1)c1cn2c(n1)C=CN(F)C2. The van der Waals surface area contributed by atoms with E-state index in [0.29, 0.717) is 42.3 Å². The second kappa shape index (κ2) is 14.3. The molecule has 0 atom stereocenters. The molecule has 1 aliphatic carbocycles. The summed E-state index contributed by atoms with van der Waals surface area (Å²) in [6.07, 6.45) is 8.08. The van der Waals surface area contributed by atoms with E-state index < -0.39 is 23.1 Å². The summed E-state index contributed by atoms with van der Waals surface area (Å²) in [5.41, 5.74) is 2.69. The molecule has 2 aromatic carbocycles. The Morgan fingerprint density at radius 1 is 0.981 bits per heavy atom. The number of rotatable bonds is 8. The fourth-order valence-corrected chi connectivity index (χ4v) is 7.40. The Kier molecular flexibility index (Phi) is 9.24. The molecule has 5 heterocycles. The van der Waals surface area contributed by atoms with Gasteiger partial charge in [0.25, 0.3) is 11.5 Å². The lowest BCUT2D eigenvalue weighted by molar-refractivity contribution is 0.0384. The first kappa shape index (κ1) is 33.7. The van der Waals surface area contributed by atoms with Gasteiger partial charge in [-0.3, -0.25) is 19.1 Å². The van der Waals surface area contributed by atoms with Crippen LogP contribution in [0, 0.1) is 5.82 Å². The largest absolute Gasteiger partial charge is 0.379 e. The summed E-state index contributed by atoms with van der Waals surface area (Å²) in [4.78, 5) is 52.1. The lowest BCUT2D eigenvalue weighted by Gasteiger charge is -2.30. The Labute approximate surface area is 297 Å². The molecule has 0 unspecified atom stereocenters. The number of hydrogen-bond donors (Lipinski definition) is 1. The molecule has 0 bridgehead atoms. The molecule has 0 radical (unpaired) electrons. The van der Waals surface area contributed by atoms with Gasteiger partial charge in [0, 0.05) is 44.1 Å². The van der Waals surface area contributed by atoms with Gasteiger partial charge in [0.2, 0.25) is 0 Å². The van der Waals surface area contributed by atoms with Crippen molar-refractivity contribution in [1.82, 2.24) is 39.0 Å². The van der Waals surface area contributed by atoms with Crippen LogP contribution in [0.1, 0.15) is 53.6 Å². The number of hydrogen-bond acceptors (Lipinski definition) is 8. The van der Waals surface area contributed by atoms with Crippen LogP contribution in [0.5, 0.6) is 0 Å². The molecule has 2 fully saturated rings. The van der Waals surface area contributed by atoms with Crippen LogP contribution in [0.3, 0.4) is 0 Å². The van der Waals surface area contributed by atoms with E-state index in [0.717, 1.165) is 62.7 Å². The van der Waals surface area contributed by atoms with Crippen LogP contribution in [0.25, 0.3) is 33.9 Å². The monoisotopic (exact) mass is 708 g/mol. The zero-order chi connectivity index (χ0) is 35.8. The fourth-order valence-electron chi connectivity index (χ4n) is 7.40. The highest BCUT2D eigenvalue weighted by atomic mass is 19.2. The van der Waals surface area contributed by atoms with Crippen LogP contribution >= 0.6 is 0 Å². The van der Waals surface area contributed by atoms with Crippen LogP contribution in [0.15, 0.2) is 82.8 Å². The molecule has 268 valence electrons.